The van der Waals surface area contributed by atoms with E-state index in [2.05, 4.69) is 0 Å². The van der Waals surface area contributed by atoms with E-state index in [4.69, 9.17) is 0 Å². The molecule has 0 radical (unpaired) electrons. The van der Waals surface area contributed by atoms with Crippen molar-refractivity contribution in [3.8, 4) is 0 Å². The first-order chi connectivity index (χ1) is 6.32. The molecule has 0 spiro atoms. The highest BCUT2D eigenvalue weighted by Gasteiger charge is 2.31. The molecule has 0 aliphatic rings. The number of hydrogen-bond acceptors (Lipinski definition) is 1. The molecule has 0 aliphatic carbocycles. The smallest absolute Gasteiger partial charge is 0.375 e. The van der Waals surface area contributed by atoms with Crippen LogP contribution in [-0.2, 0) is 6.18 Å². The van der Waals surface area contributed by atoms with Gasteiger partial charge >= 0.3 is 6.18 Å². The lowest BCUT2D eigenvalue weighted by atomic mass is 10.2. The second-order valence-electron chi connectivity index (χ2n) is 3.06. The van der Waals surface area contributed by atoms with Crippen LogP contribution in [0.2, 0.25) is 0 Å². The second-order valence-corrected chi connectivity index (χ2v) is 3.06. The van der Waals surface area contributed by atoms with Crippen LogP contribution in [0.5, 0.6) is 0 Å². The van der Waals surface area contributed by atoms with Crippen LogP contribution in [0.1, 0.15) is 5.56 Å². The predicted molar refractivity (Wildman–Crippen MR) is 45.7 cm³/mol. The topological polar surface area (TPSA) is 3.24 Å². The molecule has 0 saturated heterocycles. The summed E-state index contributed by atoms with van der Waals surface area (Å²) in [4.78, 5) is 1.30. The molecule has 0 heterocycles. The molecule has 1 rings (SSSR count). The van der Waals surface area contributed by atoms with Crippen molar-refractivity contribution in [1.82, 2.24) is 0 Å². The third kappa shape index (κ3) is 2.16. The molecule has 5 heteroatoms. The molecule has 1 nitrogen and oxygen atoms in total. The molecule has 0 saturated carbocycles. The van der Waals surface area contributed by atoms with E-state index in [0.717, 1.165) is 18.2 Å². The summed E-state index contributed by atoms with van der Waals surface area (Å²) in [7, 11) is 2.97. The van der Waals surface area contributed by atoms with E-state index in [1.54, 1.807) is 0 Å². The normalized spacial score (nSPS) is 11.6. The molecule has 1 aromatic carbocycles. The molecule has 0 fully saturated rings. The highest BCUT2D eigenvalue weighted by atomic mass is 19.4. The van der Waals surface area contributed by atoms with Crippen molar-refractivity contribution in [3.05, 3.63) is 29.6 Å². The molecule has 78 valence electrons. The monoisotopic (exact) mass is 207 g/mol. The van der Waals surface area contributed by atoms with E-state index < -0.39 is 17.6 Å². The predicted octanol–water partition coefficient (Wildman–Crippen LogP) is 2.91. The van der Waals surface area contributed by atoms with Crippen LogP contribution in [0.15, 0.2) is 18.2 Å². The van der Waals surface area contributed by atoms with Crippen LogP contribution in [0.3, 0.4) is 0 Å². The largest absolute Gasteiger partial charge is 0.416 e. The van der Waals surface area contributed by atoms with Gasteiger partial charge in [-0.1, -0.05) is 0 Å². The number of alkyl halides is 3. The van der Waals surface area contributed by atoms with Gasteiger partial charge in [0.25, 0.3) is 0 Å². The SMILES string of the molecule is CN(C)c1cc(C(F)(F)F)ccc1F. The van der Waals surface area contributed by atoms with E-state index in [-0.39, 0.29) is 5.69 Å². The summed E-state index contributed by atoms with van der Waals surface area (Å²) in [5.41, 5.74) is -0.914. The Morgan fingerprint density at radius 3 is 2.14 bits per heavy atom. The average molecular weight is 207 g/mol. The van der Waals surface area contributed by atoms with Crippen molar-refractivity contribution in [2.45, 2.75) is 6.18 Å². The van der Waals surface area contributed by atoms with Gasteiger partial charge in [0, 0.05) is 14.1 Å². The molecule has 1 aromatic rings. The van der Waals surface area contributed by atoms with Crippen molar-refractivity contribution in [2.75, 3.05) is 19.0 Å². The van der Waals surface area contributed by atoms with Gasteiger partial charge in [0.1, 0.15) is 5.82 Å². The molecule has 0 aliphatic heterocycles. The van der Waals surface area contributed by atoms with Crippen molar-refractivity contribution < 1.29 is 17.6 Å². The summed E-state index contributed by atoms with van der Waals surface area (Å²) in [5.74, 6) is -0.664. The first-order valence-electron chi connectivity index (χ1n) is 3.86. The fourth-order valence-electron chi connectivity index (χ4n) is 1.03. The lowest BCUT2D eigenvalue weighted by Crippen LogP contribution is -2.13. The Bertz CT molecular complexity index is 330. The van der Waals surface area contributed by atoms with Gasteiger partial charge in [-0.2, -0.15) is 13.2 Å². The minimum absolute atomic E-state index is 0.0696. The minimum Gasteiger partial charge on any atom is -0.375 e. The summed E-state index contributed by atoms with van der Waals surface area (Å²) >= 11 is 0. The van der Waals surface area contributed by atoms with Crippen molar-refractivity contribution in [3.63, 3.8) is 0 Å². The van der Waals surface area contributed by atoms with Crippen LogP contribution >= 0.6 is 0 Å². The van der Waals surface area contributed by atoms with Crippen molar-refractivity contribution in [1.29, 1.82) is 0 Å². The number of anilines is 1. The Balaban J connectivity index is 3.20. The summed E-state index contributed by atoms with van der Waals surface area (Å²) in [5, 5.41) is 0. The maximum Gasteiger partial charge on any atom is 0.416 e. The van der Waals surface area contributed by atoms with E-state index in [1.807, 2.05) is 0 Å². The Morgan fingerprint density at radius 1 is 1.14 bits per heavy atom. The standard InChI is InChI=1S/C9H9F4N/c1-14(2)8-5-6(9(11,12)13)3-4-7(8)10/h3-5H,1-2H3. The third-order valence-electron chi connectivity index (χ3n) is 1.76. The summed E-state index contributed by atoms with van der Waals surface area (Å²) in [6.07, 6.45) is -4.43. The van der Waals surface area contributed by atoms with E-state index in [9.17, 15) is 17.6 Å². The zero-order chi connectivity index (χ0) is 10.9. The first-order valence-corrected chi connectivity index (χ1v) is 3.86. The van der Waals surface area contributed by atoms with Gasteiger partial charge in [-0.25, -0.2) is 4.39 Å². The summed E-state index contributed by atoms with van der Waals surface area (Å²) < 4.78 is 49.7. The van der Waals surface area contributed by atoms with E-state index in [1.165, 1.54) is 19.0 Å². The molecule has 0 atom stereocenters. The highest BCUT2D eigenvalue weighted by Crippen LogP contribution is 2.32. The number of halogens is 4. The molecule has 14 heavy (non-hydrogen) atoms. The van der Waals surface area contributed by atoms with Crippen molar-refractivity contribution >= 4 is 5.69 Å². The zero-order valence-corrected chi connectivity index (χ0v) is 7.69. The molecule has 0 N–H and O–H groups in total. The fourth-order valence-corrected chi connectivity index (χ4v) is 1.03. The highest BCUT2D eigenvalue weighted by molar-refractivity contribution is 5.49. The number of benzene rings is 1. The van der Waals surface area contributed by atoms with Gasteiger partial charge < -0.3 is 4.90 Å². The second kappa shape index (κ2) is 3.48. The summed E-state index contributed by atoms with van der Waals surface area (Å²) in [6.45, 7) is 0. The maximum atomic E-state index is 13.0. The number of hydrogen-bond donors (Lipinski definition) is 0. The van der Waals surface area contributed by atoms with Crippen molar-refractivity contribution in [2.24, 2.45) is 0 Å². The molecular weight excluding hydrogens is 198 g/mol. The van der Waals surface area contributed by atoms with Crippen LogP contribution < -0.4 is 4.90 Å². The number of nitrogens with zero attached hydrogens (tertiary/aromatic N) is 1. The Hall–Kier alpha value is -1.26. The molecule has 0 unspecified atom stereocenters. The minimum atomic E-state index is -4.43. The van der Waals surface area contributed by atoms with Gasteiger partial charge in [-0.05, 0) is 18.2 Å². The van der Waals surface area contributed by atoms with Gasteiger partial charge in [0.15, 0.2) is 0 Å². The Labute approximate surface area is 78.9 Å². The lowest BCUT2D eigenvalue weighted by Gasteiger charge is -2.15. The van der Waals surface area contributed by atoms with Crippen LogP contribution in [0.4, 0.5) is 23.2 Å². The van der Waals surface area contributed by atoms with Gasteiger partial charge in [-0.3, -0.25) is 0 Å². The molecule has 0 bridgehead atoms. The van der Waals surface area contributed by atoms with Gasteiger partial charge in [-0.15, -0.1) is 0 Å². The molecule has 0 aromatic heterocycles. The van der Waals surface area contributed by atoms with E-state index in [0.29, 0.717) is 0 Å². The average Bonchev–Trinajstić information content (AvgIpc) is 2.02. The van der Waals surface area contributed by atoms with Crippen LogP contribution in [0, 0.1) is 5.82 Å². The zero-order valence-electron chi connectivity index (χ0n) is 7.69. The third-order valence-corrected chi connectivity index (χ3v) is 1.76. The maximum absolute atomic E-state index is 13.0. The van der Waals surface area contributed by atoms with Crippen LogP contribution in [-0.4, -0.2) is 14.1 Å². The Kier molecular flexibility index (Phi) is 2.69. The lowest BCUT2D eigenvalue weighted by molar-refractivity contribution is -0.137. The molecular formula is C9H9F4N. The number of rotatable bonds is 1. The van der Waals surface area contributed by atoms with E-state index >= 15 is 0 Å². The molecule has 0 amide bonds. The van der Waals surface area contributed by atoms with Crippen LogP contribution in [0.25, 0.3) is 0 Å². The first kappa shape index (κ1) is 10.8. The fraction of sp³-hybridized carbons (Fsp3) is 0.333. The quantitative estimate of drug-likeness (QED) is 0.640. The van der Waals surface area contributed by atoms with Gasteiger partial charge in [0.05, 0.1) is 11.3 Å². The Morgan fingerprint density at radius 2 is 1.71 bits per heavy atom. The van der Waals surface area contributed by atoms with Gasteiger partial charge in [0.2, 0.25) is 0 Å². The summed E-state index contributed by atoms with van der Waals surface area (Å²) in [6, 6.07) is 2.33.